The van der Waals surface area contributed by atoms with E-state index in [2.05, 4.69) is 9.82 Å². The van der Waals surface area contributed by atoms with Gasteiger partial charge in [-0.25, -0.2) is 8.42 Å². The molecule has 2 aromatic carbocycles. The summed E-state index contributed by atoms with van der Waals surface area (Å²) in [6, 6.07) is 15.6. The van der Waals surface area contributed by atoms with Crippen LogP contribution >= 0.6 is 11.6 Å². The standard InChI is InChI=1S/C17H16ClN3O2S/c1-12-3-9-15(10-4-12)24(22,23)20-17-11-16(19-21(17)2)13-5-7-14(18)8-6-13/h3-11,20H,1-2H3. The Morgan fingerprint density at radius 2 is 1.67 bits per heavy atom. The first-order chi connectivity index (χ1) is 11.3. The van der Waals surface area contributed by atoms with Gasteiger partial charge in [-0.3, -0.25) is 9.40 Å². The molecule has 7 heteroatoms. The molecule has 0 radical (unpaired) electrons. The summed E-state index contributed by atoms with van der Waals surface area (Å²) in [7, 11) is -1.97. The van der Waals surface area contributed by atoms with Gasteiger partial charge in [-0.15, -0.1) is 0 Å². The number of nitrogens with one attached hydrogen (secondary N) is 1. The van der Waals surface area contributed by atoms with Crippen molar-refractivity contribution in [3.05, 3.63) is 65.2 Å². The Balaban J connectivity index is 1.90. The lowest BCUT2D eigenvalue weighted by Crippen LogP contribution is -2.15. The van der Waals surface area contributed by atoms with Crippen LogP contribution in [-0.2, 0) is 17.1 Å². The second-order valence-electron chi connectivity index (χ2n) is 5.46. The van der Waals surface area contributed by atoms with Crippen LogP contribution < -0.4 is 4.72 Å². The van der Waals surface area contributed by atoms with Crippen molar-refractivity contribution < 1.29 is 8.42 Å². The second-order valence-corrected chi connectivity index (χ2v) is 7.58. The van der Waals surface area contributed by atoms with Crippen molar-refractivity contribution in [2.45, 2.75) is 11.8 Å². The second kappa shape index (κ2) is 6.30. The summed E-state index contributed by atoms with van der Waals surface area (Å²) < 4.78 is 29.0. The van der Waals surface area contributed by atoms with Crippen LogP contribution in [0.25, 0.3) is 11.3 Å². The van der Waals surface area contributed by atoms with Gasteiger partial charge in [0.1, 0.15) is 5.82 Å². The van der Waals surface area contributed by atoms with E-state index in [4.69, 9.17) is 11.6 Å². The maximum atomic E-state index is 12.5. The smallest absolute Gasteiger partial charge is 0.263 e. The molecule has 24 heavy (non-hydrogen) atoms. The van der Waals surface area contributed by atoms with E-state index in [1.54, 1.807) is 49.5 Å². The number of rotatable bonds is 4. The molecule has 1 aromatic heterocycles. The van der Waals surface area contributed by atoms with Gasteiger partial charge in [-0.05, 0) is 31.2 Å². The minimum absolute atomic E-state index is 0.211. The predicted molar refractivity (Wildman–Crippen MR) is 95.6 cm³/mol. The Labute approximate surface area is 145 Å². The first-order valence-electron chi connectivity index (χ1n) is 7.25. The van der Waals surface area contributed by atoms with E-state index in [1.165, 1.54) is 4.68 Å². The molecule has 0 fully saturated rings. The maximum absolute atomic E-state index is 12.5. The summed E-state index contributed by atoms with van der Waals surface area (Å²) in [4.78, 5) is 0.211. The zero-order chi connectivity index (χ0) is 17.3. The van der Waals surface area contributed by atoms with Gasteiger partial charge < -0.3 is 0 Å². The Hall–Kier alpha value is -2.31. The molecule has 3 aromatic rings. The van der Waals surface area contributed by atoms with Gasteiger partial charge in [0.2, 0.25) is 0 Å². The molecule has 3 rings (SSSR count). The number of aromatic nitrogens is 2. The summed E-state index contributed by atoms with van der Waals surface area (Å²) >= 11 is 5.88. The van der Waals surface area contributed by atoms with Crippen LogP contribution in [0.4, 0.5) is 5.82 Å². The summed E-state index contributed by atoms with van der Waals surface area (Å²) in [5.74, 6) is 0.389. The summed E-state index contributed by atoms with van der Waals surface area (Å²) in [6.07, 6.45) is 0. The monoisotopic (exact) mass is 361 g/mol. The van der Waals surface area contributed by atoms with Crippen LogP contribution in [0.15, 0.2) is 59.5 Å². The van der Waals surface area contributed by atoms with E-state index in [9.17, 15) is 8.42 Å². The highest BCUT2D eigenvalue weighted by Gasteiger charge is 2.17. The lowest BCUT2D eigenvalue weighted by atomic mass is 10.1. The molecule has 0 saturated carbocycles. The number of sulfonamides is 1. The van der Waals surface area contributed by atoms with Crippen LogP contribution in [0.3, 0.4) is 0 Å². The first kappa shape index (κ1) is 16.5. The van der Waals surface area contributed by atoms with E-state index < -0.39 is 10.0 Å². The molecule has 0 spiro atoms. The third kappa shape index (κ3) is 3.44. The highest BCUT2D eigenvalue weighted by Crippen LogP contribution is 2.24. The van der Waals surface area contributed by atoms with Crippen LogP contribution in [0.1, 0.15) is 5.56 Å². The highest BCUT2D eigenvalue weighted by atomic mass is 35.5. The number of halogens is 1. The van der Waals surface area contributed by atoms with Crippen molar-refractivity contribution in [2.24, 2.45) is 7.05 Å². The summed E-state index contributed by atoms with van der Waals surface area (Å²) in [5.41, 5.74) is 2.52. The number of benzene rings is 2. The average molecular weight is 362 g/mol. The van der Waals surface area contributed by atoms with Gasteiger partial charge >= 0.3 is 0 Å². The molecular formula is C17H16ClN3O2S. The van der Waals surface area contributed by atoms with Crippen molar-refractivity contribution in [3.63, 3.8) is 0 Å². The van der Waals surface area contributed by atoms with Gasteiger partial charge in [0, 0.05) is 23.7 Å². The van der Waals surface area contributed by atoms with Crippen molar-refractivity contribution in [2.75, 3.05) is 4.72 Å². The van der Waals surface area contributed by atoms with E-state index in [0.717, 1.165) is 11.1 Å². The third-order valence-electron chi connectivity index (χ3n) is 3.59. The average Bonchev–Trinajstić information content (AvgIpc) is 2.89. The Morgan fingerprint density at radius 3 is 2.29 bits per heavy atom. The van der Waals surface area contributed by atoms with E-state index in [0.29, 0.717) is 16.5 Å². The van der Waals surface area contributed by atoms with E-state index in [1.807, 2.05) is 19.1 Å². The summed E-state index contributed by atoms with van der Waals surface area (Å²) in [6.45, 7) is 1.91. The molecule has 0 aliphatic carbocycles. The number of aryl methyl sites for hydroxylation is 2. The van der Waals surface area contributed by atoms with Crippen LogP contribution in [-0.4, -0.2) is 18.2 Å². The zero-order valence-electron chi connectivity index (χ0n) is 13.2. The molecule has 1 heterocycles. The van der Waals surface area contributed by atoms with E-state index in [-0.39, 0.29) is 4.90 Å². The van der Waals surface area contributed by atoms with Gasteiger partial charge in [-0.2, -0.15) is 5.10 Å². The fourth-order valence-electron chi connectivity index (χ4n) is 2.24. The van der Waals surface area contributed by atoms with E-state index >= 15 is 0 Å². The van der Waals surface area contributed by atoms with Crippen molar-refractivity contribution in [1.82, 2.24) is 9.78 Å². The maximum Gasteiger partial charge on any atom is 0.263 e. The normalized spacial score (nSPS) is 11.5. The first-order valence-corrected chi connectivity index (χ1v) is 9.11. The number of anilines is 1. The van der Waals surface area contributed by atoms with Gasteiger partial charge in [0.05, 0.1) is 10.6 Å². The van der Waals surface area contributed by atoms with Crippen molar-refractivity contribution in [1.29, 1.82) is 0 Å². The number of nitrogens with zero attached hydrogens (tertiary/aromatic N) is 2. The molecule has 0 atom stereocenters. The highest BCUT2D eigenvalue weighted by molar-refractivity contribution is 7.92. The Kier molecular flexibility index (Phi) is 4.34. The Morgan fingerprint density at radius 1 is 1.04 bits per heavy atom. The quantitative estimate of drug-likeness (QED) is 0.767. The molecule has 124 valence electrons. The van der Waals surface area contributed by atoms with Gasteiger partial charge in [-0.1, -0.05) is 41.4 Å². The molecule has 0 bridgehead atoms. The van der Waals surface area contributed by atoms with Gasteiger partial charge in [0.25, 0.3) is 10.0 Å². The van der Waals surface area contributed by atoms with Crippen molar-refractivity contribution in [3.8, 4) is 11.3 Å². The lowest BCUT2D eigenvalue weighted by Gasteiger charge is -2.07. The fourth-order valence-corrected chi connectivity index (χ4v) is 3.44. The molecule has 0 aliphatic rings. The third-order valence-corrected chi connectivity index (χ3v) is 5.21. The molecule has 0 amide bonds. The lowest BCUT2D eigenvalue weighted by molar-refractivity contribution is 0.600. The topological polar surface area (TPSA) is 64.0 Å². The molecule has 5 nitrogen and oxygen atoms in total. The minimum atomic E-state index is -3.66. The molecule has 0 saturated heterocycles. The van der Waals surface area contributed by atoms with Gasteiger partial charge in [0.15, 0.2) is 0 Å². The fraction of sp³-hybridized carbons (Fsp3) is 0.118. The zero-order valence-corrected chi connectivity index (χ0v) is 14.8. The molecule has 0 aliphatic heterocycles. The SMILES string of the molecule is Cc1ccc(S(=O)(=O)Nc2cc(-c3ccc(Cl)cc3)nn2C)cc1. The predicted octanol–water partition coefficient (Wildman–Crippen LogP) is 3.85. The number of hydrogen-bond acceptors (Lipinski definition) is 3. The Bertz CT molecular complexity index is 962. The minimum Gasteiger partial charge on any atom is -0.264 e. The molecular weight excluding hydrogens is 346 g/mol. The summed E-state index contributed by atoms with van der Waals surface area (Å²) in [5, 5.41) is 4.98. The van der Waals surface area contributed by atoms with Crippen LogP contribution in [0, 0.1) is 6.92 Å². The molecule has 0 unspecified atom stereocenters. The van der Waals surface area contributed by atoms with Crippen LogP contribution in [0.2, 0.25) is 5.02 Å². The largest absolute Gasteiger partial charge is 0.264 e. The molecule has 1 N–H and O–H groups in total. The number of hydrogen-bond donors (Lipinski definition) is 1. The van der Waals surface area contributed by atoms with Crippen LogP contribution in [0.5, 0.6) is 0 Å². The van der Waals surface area contributed by atoms with Crippen molar-refractivity contribution >= 4 is 27.4 Å².